The van der Waals surface area contributed by atoms with Gasteiger partial charge < -0.3 is 10.1 Å². The van der Waals surface area contributed by atoms with Crippen molar-refractivity contribution in [3.63, 3.8) is 0 Å². The summed E-state index contributed by atoms with van der Waals surface area (Å²) in [6.45, 7) is 2.02. The summed E-state index contributed by atoms with van der Waals surface area (Å²) in [7, 11) is 0. The van der Waals surface area contributed by atoms with Crippen molar-refractivity contribution in [3.05, 3.63) is 70.1 Å². The third-order valence-corrected chi connectivity index (χ3v) is 4.33. The first-order valence-electron chi connectivity index (χ1n) is 7.60. The smallest absolute Gasteiger partial charge is 0.222 e. The number of para-hydroxylation sites is 1. The molecule has 4 rings (SSSR count). The van der Waals surface area contributed by atoms with Gasteiger partial charge in [0.15, 0.2) is 4.77 Å². The highest BCUT2D eigenvalue weighted by atomic mass is 32.1. The first-order chi connectivity index (χ1) is 11.6. The zero-order valence-corrected chi connectivity index (χ0v) is 13.8. The summed E-state index contributed by atoms with van der Waals surface area (Å²) in [5.74, 6) is 0.0918. The number of imidazole rings is 1. The SMILES string of the molecule is Cc1ccc(-n2c(O)c(/C=C3\C=Nc4ccccc43)[nH]c2=S)cc1. The molecule has 1 aliphatic heterocycles. The Labute approximate surface area is 144 Å². The van der Waals surface area contributed by atoms with Crippen molar-refractivity contribution in [2.75, 3.05) is 0 Å². The summed E-state index contributed by atoms with van der Waals surface area (Å²) < 4.78 is 2.07. The molecule has 0 unspecified atom stereocenters. The number of allylic oxidation sites excluding steroid dienone is 1. The maximum atomic E-state index is 10.6. The highest BCUT2D eigenvalue weighted by molar-refractivity contribution is 7.71. The van der Waals surface area contributed by atoms with Crippen LogP contribution >= 0.6 is 12.2 Å². The molecule has 0 saturated heterocycles. The molecule has 2 heterocycles. The van der Waals surface area contributed by atoms with E-state index in [0.29, 0.717) is 10.5 Å². The van der Waals surface area contributed by atoms with E-state index in [4.69, 9.17) is 12.2 Å². The molecule has 0 saturated carbocycles. The highest BCUT2D eigenvalue weighted by Crippen LogP contribution is 2.33. The van der Waals surface area contributed by atoms with Gasteiger partial charge in [-0.2, -0.15) is 0 Å². The molecule has 3 aromatic rings. The first-order valence-corrected chi connectivity index (χ1v) is 8.00. The van der Waals surface area contributed by atoms with Crippen LogP contribution in [0.2, 0.25) is 0 Å². The fourth-order valence-electron chi connectivity index (χ4n) is 2.79. The molecule has 0 fully saturated rings. The van der Waals surface area contributed by atoms with Crippen LogP contribution in [0.3, 0.4) is 0 Å². The lowest BCUT2D eigenvalue weighted by Crippen LogP contribution is -1.93. The normalized spacial score (nSPS) is 14.3. The van der Waals surface area contributed by atoms with E-state index < -0.39 is 0 Å². The van der Waals surface area contributed by atoms with E-state index in [1.165, 1.54) is 0 Å². The lowest BCUT2D eigenvalue weighted by atomic mass is 10.1. The van der Waals surface area contributed by atoms with Gasteiger partial charge in [0.1, 0.15) is 5.69 Å². The molecule has 2 N–H and O–H groups in total. The Hall–Kier alpha value is -2.92. The van der Waals surface area contributed by atoms with Crippen molar-refractivity contribution >= 4 is 35.8 Å². The number of aromatic hydroxyl groups is 1. The van der Waals surface area contributed by atoms with Crippen molar-refractivity contribution in [3.8, 4) is 11.6 Å². The summed E-state index contributed by atoms with van der Waals surface area (Å²) in [6, 6.07) is 15.7. The van der Waals surface area contributed by atoms with Crippen molar-refractivity contribution < 1.29 is 5.11 Å². The number of fused-ring (bicyclic) bond motifs is 1. The third kappa shape index (κ3) is 2.39. The summed E-state index contributed by atoms with van der Waals surface area (Å²) in [6.07, 6.45) is 3.66. The number of nitrogens with one attached hydrogen (secondary N) is 1. The fourth-order valence-corrected chi connectivity index (χ4v) is 3.09. The molecule has 1 aliphatic rings. The molecule has 5 heteroatoms. The molecule has 24 heavy (non-hydrogen) atoms. The number of nitrogens with zero attached hydrogens (tertiary/aromatic N) is 2. The number of rotatable bonds is 2. The van der Waals surface area contributed by atoms with Gasteiger partial charge in [0.05, 0.1) is 11.4 Å². The topological polar surface area (TPSA) is 53.3 Å². The Morgan fingerprint density at radius 1 is 1.12 bits per heavy atom. The Bertz CT molecular complexity index is 1040. The standard InChI is InChI=1S/C19H15N3OS/c1-12-6-8-14(9-7-12)22-18(23)17(21-19(22)24)10-13-11-20-16-5-3-2-4-15(13)16/h2-11,23H,1H3,(H,21,24)/b13-10+. The number of hydrogen-bond acceptors (Lipinski definition) is 3. The Kier molecular flexibility index (Phi) is 3.43. The minimum absolute atomic E-state index is 0.0918. The lowest BCUT2D eigenvalue weighted by Gasteiger charge is -2.04. The van der Waals surface area contributed by atoms with E-state index in [9.17, 15) is 5.11 Å². The maximum Gasteiger partial charge on any atom is 0.222 e. The molecular formula is C19H15N3OS. The Morgan fingerprint density at radius 3 is 2.67 bits per heavy atom. The second kappa shape index (κ2) is 5.62. The fraction of sp³-hybridized carbons (Fsp3) is 0.0526. The van der Waals surface area contributed by atoms with Gasteiger partial charge in [-0.05, 0) is 43.4 Å². The van der Waals surface area contributed by atoms with Crippen LogP contribution in [-0.2, 0) is 0 Å². The molecule has 0 radical (unpaired) electrons. The van der Waals surface area contributed by atoms with Crippen LogP contribution in [0, 0.1) is 11.7 Å². The van der Waals surface area contributed by atoms with Gasteiger partial charge >= 0.3 is 0 Å². The highest BCUT2D eigenvalue weighted by Gasteiger charge is 2.15. The van der Waals surface area contributed by atoms with Crippen LogP contribution in [-0.4, -0.2) is 20.9 Å². The average molecular weight is 333 g/mol. The van der Waals surface area contributed by atoms with Crippen molar-refractivity contribution in [2.45, 2.75) is 6.92 Å². The summed E-state index contributed by atoms with van der Waals surface area (Å²) in [5, 5.41) is 10.6. The van der Waals surface area contributed by atoms with Gasteiger partial charge in [0.2, 0.25) is 5.88 Å². The van der Waals surface area contributed by atoms with Crippen LogP contribution in [0.25, 0.3) is 17.3 Å². The van der Waals surface area contributed by atoms with Crippen LogP contribution in [0.1, 0.15) is 16.8 Å². The van der Waals surface area contributed by atoms with Crippen LogP contribution in [0.4, 0.5) is 5.69 Å². The number of benzene rings is 2. The quantitative estimate of drug-likeness (QED) is 0.662. The Balaban J connectivity index is 1.81. The molecule has 118 valence electrons. The monoisotopic (exact) mass is 333 g/mol. The largest absolute Gasteiger partial charge is 0.493 e. The second-order valence-corrected chi connectivity index (χ2v) is 6.10. The molecule has 0 bridgehead atoms. The summed E-state index contributed by atoms with van der Waals surface area (Å²) >= 11 is 5.38. The number of aryl methyl sites for hydroxylation is 1. The number of aliphatic imine (C=N–C) groups is 1. The van der Waals surface area contributed by atoms with Crippen LogP contribution < -0.4 is 0 Å². The molecule has 0 aliphatic carbocycles. The molecule has 1 aromatic heterocycles. The molecule has 2 aromatic carbocycles. The Morgan fingerprint density at radius 2 is 1.88 bits per heavy atom. The van der Waals surface area contributed by atoms with Gasteiger partial charge in [-0.25, -0.2) is 0 Å². The number of H-pyrrole nitrogens is 1. The van der Waals surface area contributed by atoms with Crippen LogP contribution in [0.15, 0.2) is 53.5 Å². The van der Waals surface area contributed by atoms with Crippen molar-refractivity contribution in [1.82, 2.24) is 9.55 Å². The molecule has 0 atom stereocenters. The van der Waals surface area contributed by atoms with Gasteiger partial charge in [0, 0.05) is 17.4 Å². The van der Waals surface area contributed by atoms with Crippen molar-refractivity contribution in [1.29, 1.82) is 0 Å². The van der Waals surface area contributed by atoms with Crippen molar-refractivity contribution in [2.24, 2.45) is 4.99 Å². The zero-order valence-electron chi connectivity index (χ0n) is 13.0. The average Bonchev–Trinajstić information content (AvgIpc) is 3.11. The number of hydrogen-bond donors (Lipinski definition) is 2. The van der Waals surface area contributed by atoms with E-state index in [-0.39, 0.29) is 5.88 Å². The minimum Gasteiger partial charge on any atom is -0.493 e. The van der Waals surface area contributed by atoms with Gasteiger partial charge in [-0.1, -0.05) is 35.9 Å². The minimum atomic E-state index is 0.0918. The maximum absolute atomic E-state index is 10.6. The number of aromatic nitrogens is 2. The molecular weight excluding hydrogens is 318 g/mol. The van der Waals surface area contributed by atoms with E-state index in [2.05, 4.69) is 9.98 Å². The van der Waals surface area contributed by atoms with Gasteiger partial charge in [-0.3, -0.25) is 9.56 Å². The van der Waals surface area contributed by atoms with E-state index in [1.807, 2.05) is 61.5 Å². The predicted octanol–water partition coefficient (Wildman–Crippen LogP) is 4.81. The number of aromatic amines is 1. The van der Waals surface area contributed by atoms with Crippen LogP contribution in [0.5, 0.6) is 5.88 Å². The molecule has 4 nitrogen and oxygen atoms in total. The molecule has 0 amide bonds. The van der Waals surface area contributed by atoms with E-state index in [0.717, 1.165) is 28.1 Å². The van der Waals surface area contributed by atoms with E-state index in [1.54, 1.807) is 10.8 Å². The summed E-state index contributed by atoms with van der Waals surface area (Å²) in [5.41, 5.74) is 5.46. The summed E-state index contributed by atoms with van der Waals surface area (Å²) in [4.78, 5) is 7.46. The van der Waals surface area contributed by atoms with Gasteiger partial charge in [-0.15, -0.1) is 0 Å². The molecule has 0 spiro atoms. The van der Waals surface area contributed by atoms with Gasteiger partial charge in [0.25, 0.3) is 0 Å². The predicted molar refractivity (Wildman–Crippen MR) is 99.8 cm³/mol. The van der Waals surface area contributed by atoms with E-state index >= 15 is 0 Å². The second-order valence-electron chi connectivity index (χ2n) is 5.71. The first kappa shape index (κ1) is 14.7. The lowest BCUT2D eigenvalue weighted by molar-refractivity contribution is 0.441. The third-order valence-electron chi connectivity index (χ3n) is 4.05. The zero-order chi connectivity index (χ0) is 16.7.